The van der Waals surface area contributed by atoms with Crippen LogP contribution >= 0.6 is 0 Å². The molecule has 0 atom stereocenters. The number of nitrogens with zero attached hydrogens (tertiary/aromatic N) is 2. The number of halogens is 1. The standard InChI is InChI=1S/C12H13FN4O/c1-8-6-9(13)2-3-10(8)12(18)14-5-4-11-15-7-16-17-11/h2-3,6-7H,4-5H2,1H3,(H,14,18)(H,15,16,17). The van der Waals surface area contributed by atoms with Gasteiger partial charge in [0.2, 0.25) is 0 Å². The van der Waals surface area contributed by atoms with Gasteiger partial charge in [-0.25, -0.2) is 9.37 Å². The molecule has 1 aromatic carbocycles. The molecular weight excluding hydrogens is 235 g/mol. The lowest BCUT2D eigenvalue weighted by molar-refractivity contribution is 0.0953. The van der Waals surface area contributed by atoms with Crippen LogP contribution in [0, 0.1) is 12.7 Å². The Labute approximate surface area is 103 Å². The molecule has 0 spiro atoms. The number of rotatable bonds is 4. The number of amides is 1. The molecule has 0 saturated carbocycles. The summed E-state index contributed by atoms with van der Waals surface area (Å²) in [6, 6.07) is 4.10. The highest BCUT2D eigenvalue weighted by Gasteiger charge is 2.09. The number of hydrogen-bond donors (Lipinski definition) is 2. The summed E-state index contributed by atoms with van der Waals surface area (Å²) in [7, 11) is 0. The maximum absolute atomic E-state index is 12.9. The molecule has 2 rings (SSSR count). The van der Waals surface area contributed by atoms with E-state index in [0.717, 1.165) is 0 Å². The second kappa shape index (κ2) is 5.39. The van der Waals surface area contributed by atoms with Crippen LogP contribution in [0.15, 0.2) is 24.5 Å². The molecule has 1 amide bonds. The van der Waals surface area contributed by atoms with Crippen molar-refractivity contribution >= 4 is 5.91 Å². The number of aromatic amines is 1. The number of carbonyl (C=O) groups is 1. The summed E-state index contributed by atoms with van der Waals surface area (Å²) in [5.74, 6) is 0.156. The van der Waals surface area contributed by atoms with Crippen LogP contribution in [0.4, 0.5) is 4.39 Å². The fraction of sp³-hybridized carbons (Fsp3) is 0.250. The minimum absolute atomic E-state index is 0.216. The van der Waals surface area contributed by atoms with E-state index in [1.165, 1.54) is 24.5 Å². The zero-order valence-electron chi connectivity index (χ0n) is 9.90. The quantitative estimate of drug-likeness (QED) is 0.854. The van der Waals surface area contributed by atoms with Crippen LogP contribution in [0.3, 0.4) is 0 Å². The van der Waals surface area contributed by atoms with Gasteiger partial charge in [-0.2, -0.15) is 5.10 Å². The molecule has 2 N–H and O–H groups in total. The summed E-state index contributed by atoms with van der Waals surface area (Å²) in [5, 5.41) is 9.17. The van der Waals surface area contributed by atoms with Crippen molar-refractivity contribution in [3.63, 3.8) is 0 Å². The van der Waals surface area contributed by atoms with E-state index in [2.05, 4.69) is 20.5 Å². The molecule has 2 aromatic rings. The Hall–Kier alpha value is -2.24. The minimum Gasteiger partial charge on any atom is -0.352 e. The zero-order valence-corrected chi connectivity index (χ0v) is 9.90. The number of aromatic nitrogens is 3. The van der Waals surface area contributed by atoms with Gasteiger partial charge in [0.15, 0.2) is 0 Å². The molecule has 18 heavy (non-hydrogen) atoms. The zero-order chi connectivity index (χ0) is 13.0. The van der Waals surface area contributed by atoms with Gasteiger partial charge in [0.1, 0.15) is 18.0 Å². The summed E-state index contributed by atoms with van der Waals surface area (Å²) < 4.78 is 12.9. The number of H-pyrrole nitrogens is 1. The average Bonchev–Trinajstić information content (AvgIpc) is 2.81. The molecule has 0 fully saturated rings. The Bertz CT molecular complexity index is 539. The average molecular weight is 248 g/mol. The highest BCUT2D eigenvalue weighted by molar-refractivity contribution is 5.95. The third-order valence-corrected chi connectivity index (χ3v) is 2.55. The van der Waals surface area contributed by atoms with Gasteiger partial charge in [0.25, 0.3) is 5.91 Å². The summed E-state index contributed by atoms with van der Waals surface area (Å²) in [5.41, 5.74) is 1.10. The Balaban J connectivity index is 1.91. The Morgan fingerprint density at radius 1 is 1.50 bits per heavy atom. The number of carbonyl (C=O) groups excluding carboxylic acids is 1. The van der Waals surface area contributed by atoms with Crippen LogP contribution < -0.4 is 5.32 Å². The highest BCUT2D eigenvalue weighted by atomic mass is 19.1. The van der Waals surface area contributed by atoms with E-state index in [0.29, 0.717) is 29.9 Å². The van der Waals surface area contributed by atoms with Gasteiger partial charge in [-0.05, 0) is 30.7 Å². The highest BCUT2D eigenvalue weighted by Crippen LogP contribution is 2.09. The largest absolute Gasteiger partial charge is 0.352 e. The van der Waals surface area contributed by atoms with Crippen LogP contribution in [0.1, 0.15) is 21.7 Å². The molecule has 0 radical (unpaired) electrons. The van der Waals surface area contributed by atoms with Gasteiger partial charge < -0.3 is 5.32 Å². The van der Waals surface area contributed by atoms with Crippen LogP contribution in [0.25, 0.3) is 0 Å². The molecule has 0 aliphatic carbocycles. The van der Waals surface area contributed by atoms with E-state index in [4.69, 9.17) is 0 Å². The van der Waals surface area contributed by atoms with Gasteiger partial charge in [-0.3, -0.25) is 9.89 Å². The Morgan fingerprint density at radius 3 is 3.00 bits per heavy atom. The van der Waals surface area contributed by atoms with Crippen molar-refractivity contribution in [1.82, 2.24) is 20.5 Å². The van der Waals surface area contributed by atoms with Crippen molar-refractivity contribution in [2.45, 2.75) is 13.3 Å². The topological polar surface area (TPSA) is 70.7 Å². The van der Waals surface area contributed by atoms with Crippen molar-refractivity contribution in [3.05, 3.63) is 47.3 Å². The van der Waals surface area contributed by atoms with Crippen LogP contribution in [0.5, 0.6) is 0 Å². The first-order valence-corrected chi connectivity index (χ1v) is 5.55. The monoisotopic (exact) mass is 248 g/mol. The number of benzene rings is 1. The number of aryl methyl sites for hydroxylation is 1. The minimum atomic E-state index is -0.342. The first-order valence-electron chi connectivity index (χ1n) is 5.55. The lowest BCUT2D eigenvalue weighted by Crippen LogP contribution is -2.26. The molecule has 1 aromatic heterocycles. The van der Waals surface area contributed by atoms with E-state index in [9.17, 15) is 9.18 Å². The molecule has 94 valence electrons. The summed E-state index contributed by atoms with van der Waals surface area (Å²) in [6.07, 6.45) is 1.99. The Kier molecular flexibility index (Phi) is 3.66. The smallest absolute Gasteiger partial charge is 0.251 e. The third kappa shape index (κ3) is 2.91. The van der Waals surface area contributed by atoms with Crippen molar-refractivity contribution < 1.29 is 9.18 Å². The van der Waals surface area contributed by atoms with E-state index >= 15 is 0 Å². The van der Waals surface area contributed by atoms with Gasteiger partial charge in [0.05, 0.1) is 0 Å². The fourth-order valence-corrected chi connectivity index (χ4v) is 1.62. The summed E-state index contributed by atoms with van der Waals surface area (Å²) in [6.45, 7) is 2.15. The maximum atomic E-state index is 12.9. The molecular formula is C12H13FN4O. The van der Waals surface area contributed by atoms with Crippen molar-refractivity contribution in [2.24, 2.45) is 0 Å². The van der Waals surface area contributed by atoms with Crippen molar-refractivity contribution in [3.8, 4) is 0 Å². The predicted molar refractivity (Wildman–Crippen MR) is 63.6 cm³/mol. The van der Waals surface area contributed by atoms with Crippen LogP contribution in [-0.2, 0) is 6.42 Å². The summed E-state index contributed by atoms with van der Waals surface area (Å²) in [4.78, 5) is 15.8. The van der Waals surface area contributed by atoms with E-state index in [1.54, 1.807) is 6.92 Å². The maximum Gasteiger partial charge on any atom is 0.251 e. The molecule has 0 aliphatic heterocycles. The molecule has 1 heterocycles. The SMILES string of the molecule is Cc1cc(F)ccc1C(=O)NCCc1ncn[nH]1. The van der Waals surface area contributed by atoms with Crippen LogP contribution in [-0.4, -0.2) is 27.6 Å². The van der Waals surface area contributed by atoms with Gasteiger partial charge in [-0.15, -0.1) is 0 Å². The lowest BCUT2D eigenvalue weighted by atomic mass is 10.1. The number of hydrogen-bond acceptors (Lipinski definition) is 3. The molecule has 0 bridgehead atoms. The third-order valence-electron chi connectivity index (χ3n) is 2.55. The second-order valence-electron chi connectivity index (χ2n) is 3.90. The normalized spacial score (nSPS) is 10.3. The first kappa shape index (κ1) is 12.2. The molecule has 0 unspecified atom stereocenters. The predicted octanol–water partition coefficient (Wildman–Crippen LogP) is 1.22. The second-order valence-corrected chi connectivity index (χ2v) is 3.90. The number of nitrogens with one attached hydrogen (secondary N) is 2. The van der Waals surface area contributed by atoms with Crippen molar-refractivity contribution in [2.75, 3.05) is 6.54 Å². The van der Waals surface area contributed by atoms with Crippen LogP contribution in [0.2, 0.25) is 0 Å². The van der Waals surface area contributed by atoms with Crippen molar-refractivity contribution in [1.29, 1.82) is 0 Å². The molecule has 6 heteroatoms. The molecule has 0 saturated heterocycles. The van der Waals surface area contributed by atoms with Gasteiger partial charge in [-0.1, -0.05) is 0 Å². The lowest BCUT2D eigenvalue weighted by Gasteiger charge is -2.06. The first-order chi connectivity index (χ1) is 8.66. The van der Waals surface area contributed by atoms with E-state index < -0.39 is 0 Å². The van der Waals surface area contributed by atoms with Gasteiger partial charge >= 0.3 is 0 Å². The van der Waals surface area contributed by atoms with E-state index in [1.807, 2.05) is 0 Å². The Morgan fingerprint density at radius 2 is 2.33 bits per heavy atom. The molecule has 5 nitrogen and oxygen atoms in total. The summed E-state index contributed by atoms with van der Waals surface area (Å²) >= 11 is 0. The van der Waals surface area contributed by atoms with Gasteiger partial charge in [0, 0.05) is 18.5 Å². The van der Waals surface area contributed by atoms with E-state index in [-0.39, 0.29) is 11.7 Å². The fourth-order valence-electron chi connectivity index (χ4n) is 1.62. The molecule has 0 aliphatic rings.